The maximum Gasteiger partial charge on any atom is 0.191 e. The van der Waals surface area contributed by atoms with Crippen LogP contribution in [-0.2, 0) is 6.54 Å². The zero-order chi connectivity index (χ0) is 22.9. The fourth-order valence-electron chi connectivity index (χ4n) is 3.97. The molecular formula is C25H37IN4O3. The monoisotopic (exact) mass is 568 g/mol. The van der Waals surface area contributed by atoms with Crippen molar-refractivity contribution in [3.05, 3.63) is 47.5 Å². The summed E-state index contributed by atoms with van der Waals surface area (Å²) in [6, 6.07) is 12.7. The SMILES string of the molecule is CCOc1ccc(CNC(=NC)NC2CCN(c3cc(OC)cc(OC)c3)CC2)cc1C.I. The summed E-state index contributed by atoms with van der Waals surface area (Å²) in [5, 5.41) is 7.01. The highest BCUT2D eigenvalue weighted by Gasteiger charge is 2.21. The Kier molecular flexibility index (Phi) is 10.9. The van der Waals surface area contributed by atoms with E-state index in [1.165, 1.54) is 5.56 Å². The molecule has 2 aromatic rings. The van der Waals surface area contributed by atoms with Crippen LogP contribution in [0.2, 0.25) is 0 Å². The van der Waals surface area contributed by atoms with Gasteiger partial charge in [-0.3, -0.25) is 4.99 Å². The number of hydrogen-bond acceptors (Lipinski definition) is 5. The average molecular weight is 569 g/mol. The van der Waals surface area contributed by atoms with Crippen LogP contribution in [0.5, 0.6) is 17.2 Å². The topological polar surface area (TPSA) is 67.4 Å². The molecule has 3 rings (SSSR count). The normalized spacial score (nSPS) is 14.3. The summed E-state index contributed by atoms with van der Waals surface area (Å²) in [7, 11) is 5.18. The molecule has 0 saturated carbocycles. The fourth-order valence-corrected chi connectivity index (χ4v) is 3.97. The number of aliphatic imine (C=N–C) groups is 1. The number of halogens is 1. The van der Waals surface area contributed by atoms with E-state index in [1.54, 1.807) is 14.2 Å². The Balaban J connectivity index is 0.00000385. The predicted molar refractivity (Wildman–Crippen MR) is 146 cm³/mol. The molecule has 0 amide bonds. The molecule has 33 heavy (non-hydrogen) atoms. The van der Waals surface area contributed by atoms with E-state index < -0.39 is 0 Å². The largest absolute Gasteiger partial charge is 0.497 e. The number of rotatable bonds is 8. The van der Waals surface area contributed by atoms with Gasteiger partial charge in [-0.2, -0.15) is 0 Å². The Morgan fingerprint density at radius 1 is 1.06 bits per heavy atom. The van der Waals surface area contributed by atoms with Gasteiger partial charge >= 0.3 is 0 Å². The Morgan fingerprint density at radius 2 is 1.73 bits per heavy atom. The van der Waals surface area contributed by atoms with Gasteiger partial charge in [0.25, 0.3) is 0 Å². The molecule has 1 saturated heterocycles. The van der Waals surface area contributed by atoms with Crippen LogP contribution in [0.3, 0.4) is 0 Å². The average Bonchev–Trinajstić information content (AvgIpc) is 2.83. The van der Waals surface area contributed by atoms with Gasteiger partial charge in [-0.1, -0.05) is 12.1 Å². The molecule has 0 aromatic heterocycles. The van der Waals surface area contributed by atoms with Crippen molar-refractivity contribution in [3.8, 4) is 17.2 Å². The zero-order valence-electron chi connectivity index (χ0n) is 20.3. The lowest BCUT2D eigenvalue weighted by atomic mass is 10.0. The van der Waals surface area contributed by atoms with E-state index in [9.17, 15) is 0 Å². The minimum absolute atomic E-state index is 0. The molecule has 1 heterocycles. The standard InChI is InChI=1S/C25H36N4O3.HI/c1-6-32-24-8-7-19(13-18(24)2)17-27-25(26-3)28-20-9-11-29(12-10-20)21-14-22(30-4)16-23(15-21)31-5;/h7-8,13-16,20H,6,9-12,17H2,1-5H3,(H2,26,27,28);1H. The Hall–Kier alpha value is -2.36. The molecule has 1 fully saturated rings. The second-order valence-corrected chi connectivity index (χ2v) is 7.94. The Bertz CT molecular complexity index is 892. The predicted octanol–water partition coefficient (Wildman–Crippen LogP) is 4.36. The summed E-state index contributed by atoms with van der Waals surface area (Å²) in [4.78, 5) is 6.79. The first kappa shape index (κ1) is 26.9. The molecule has 1 aliphatic rings. The van der Waals surface area contributed by atoms with Crippen molar-refractivity contribution in [2.45, 2.75) is 39.3 Å². The number of nitrogens with zero attached hydrogens (tertiary/aromatic N) is 2. The van der Waals surface area contributed by atoms with E-state index >= 15 is 0 Å². The van der Waals surface area contributed by atoms with Gasteiger partial charge in [-0.05, 0) is 43.9 Å². The van der Waals surface area contributed by atoms with Gasteiger partial charge in [0.05, 0.1) is 20.8 Å². The van der Waals surface area contributed by atoms with Crippen LogP contribution in [0.4, 0.5) is 5.69 Å². The van der Waals surface area contributed by atoms with Crippen molar-refractivity contribution >= 4 is 35.6 Å². The Morgan fingerprint density at radius 3 is 2.27 bits per heavy atom. The van der Waals surface area contributed by atoms with Gasteiger partial charge in [0.15, 0.2) is 5.96 Å². The first-order valence-electron chi connectivity index (χ1n) is 11.2. The summed E-state index contributed by atoms with van der Waals surface area (Å²) < 4.78 is 16.5. The Labute approximate surface area is 214 Å². The van der Waals surface area contributed by atoms with Crippen molar-refractivity contribution in [1.82, 2.24) is 10.6 Å². The summed E-state index contributed by atoms with van der Waals surface area (Å²) in [6.07, 6.45) is 2.06. The van der Waals surface area contributed by atoms with Gasteiger partial charge in [0, 0.05) is 56.6 Å². The van der Waals surface area contributed by atoms with Crippen molar-refractivity contribution in [1.29, 1.82) is 0 Å². The van der Waals surface area contributed by atoms with Gasteiger partial charge in [0.1, 0.15) is 17.2 Å². The molecule has 8 heteroatoms. The third-order valence-electron chi connectivity index (χ3n) is 5.76. The summed E-state index contributed by atoms with van der Waals surface area (Å²) in [5.74, 6) is 3.40. The van der Waals surface area contributed by atoms with Crippen molar-refractivity contribution in [2.75, 3.05) is 45.9 Å². The van der Waals surface area contributed by atoms with Crippen LogP contribution in [-0.4, -0.2) is 53.0 Å². The number of methoxy groups -OCH3 is 2. The lowest BCUT2D eigenvalue weighted by molar-refractivity contribution is 0.338. The van der Waals surface area contributed by atoms with E-state index in [2.05, 4.69) is 51.7 Å². The highest BCUT2D eigenvalue weighted by molar-refractivity contribution is 14.0. The van der Waals surface area contributed by atoms with E-state index in [1.807, 2.05) is 26.1 Å². The summed E-state index contributed by atoms with van der Waals surface area (Å²) >= 11 is 0. The first-order chi connectivity index (χ1) is 15.6. The maximum absolute atomic E-state index is 5.63. The molecule has 2 N–H and O–H groups in total. The quantitative estimate of drug-likeness (QED) is 0.280. The second kappa shape index (κ2) is 13.4. The van der Waals surface area contributed by atoms with Gasteiger partial charge in [0.2, 0.25) is 0 Å². The molecule has 0 bridgehead atoms. The molecule has 1 aliphatic heterocycles. The van der Waals surface area contributed by atoms with Crippen LogP contribution < -0.4 is 29.7 Å². The van der Waals surface area contributed by atoms with Crippen molar-refractivity contribution < 1.29 is 14.2 Å². The molecule has 0 atom stereocenters. The molecule has 7 nitrogen and oxygen atoms in total. The number of anilines is 1. The third kappa shape index (κ3) is 7.58. The second-order valence-electron chi connectivity index (χ2n) is 7.94. The van der Waals surface area contributed by atoms with Gasteiger partial charge < -0.3 is 29.7 Å². The number of hydrogen-bond donors (Lipinski definition) is 2. The summed E-state index contributed by atoms with van der Waals surface area (Å²) in [6.45, 7) is 7.40. The van der Waals surface area contributed by atoms with E-state index in [4.69, 9.17) is 14.2 Å². The molecule has 0 aliphatic carbocycles. The van der Waals surface area contributed by atoms with Gasteiger partial charge in [-0.15, -0.1) is 24.0 Å². The summed E-state index contributed by atoms with van der Waals surface area (Å²) in [5.41, 5.74) is 3.49. The molecule has 182 valence electrons. The number of guanidine groups is 1. The van der Waals surface area contributed by atoms with E-state index in [-0.39, 0.29) is 24.0 Å². The maximum atomic E-state index is 5.63. The zero-order valence-corrected chi connectivity index (χ0v) is 22.6. The highest BCUT2D eigenvalue weighted by Crippen LogP contribution is 2.30. The van der Waals surface area contributed by atoms with Crippen LogP contribution in [0.15, 0.2) is 41.4 Å². The van der Waals surface area contributed by atoms with E-state index in [0.717, 1.165) is 66.9 Å². The van der Waals surface area contributed by atoms with Crippen LogP contribution in [0.25, 0.3) is 0 Å². The highest BCUT2D eigenvalue weighted by atomic mass is 127. The van der Waals surface area contributed by atoms with Crippen molar-refractivity contribution in [2.24, 2.45) is 4.99 Å². The smallest absolute Gasteiger partial charge is 0.191 e. The fraction of sp³-hybridized carbons (Fsp3) is 0.480. The number of piperidine rings is 1. The number of nitrogens with one attached hydrogen (secondary N) is 2. The van der Waals surface area contributed by atoms with Crippen LogP contribution in [0.1, 0.15) is 30.9 Å². The minimum atomic E-state index is 0. The van der Waals surface area contributed by atoms with E-state index in [0.29, 0.717) is 12.6 Å². The molecule has 0 radical (unpaired) electrons. The minimum Gasteiger partial charge on any atom is -0.497 e. The molecule has 0 unspecified atom stereocenters. The molecule has 0 spiro atoms. The number of benzene rings is 2. The molecule has 2 aromatic carbocycles. The first-order valence-corrected chi connectivity index (χ1v) is 11.2. The van der Waals surface area contributed by atoms with Crippen LogP contribution in [0, 0.1) is 6.92 Å². The van der Waals surface area contributed by atoms with Crippen molar-refractivity contribution in [3.63, 3.8) is 0 Å². The lowest BCUT2D eigenvalue weighted by Gasteiger charge is -2.34. The lowest BCUT2D eigenvalue weighted by Crippen LogP contribution is -2.48. The van der Waals surface area contributed by atoms with Gasteiger partial charge in [-0.25, -0.2) is 0 Å². The molecular weight excluding hydrogens is 531 g/mol. The third-order valence-corrected chi connectivity index (χ3v) is 5.76. The number of ether oxygens (including phenoxy) is 3. The van der Waals surface area contributed by atoms with Crippen LogP contribution >= 0.6 is 24.0 Å². The number of aryl methyl sites for hydroxylation is 1.